The number of hydrogen-bond acceptors (Lipinski definition) is 3. The first-order valence-electron chi connectivity index (χ1n) is 6.07. The van der Waals surface area contributed by atoms with E-state index in [-0.39, 0.29) is 5.91 Å². The number of nitrogens with zero attached hydrogens (tertiary/aromatic N) is 2. The number of carbonyl (C=O) groups excluding carboxylic acids is 2. The molecule has 0 spiro atoms. The number of carbonyl (C=O) groups is 2. The average Bonchev–Trinajstić information content (AvgIpc) is 2.96. The molecule has 1 amide bonds. The van der Waals surface area contributed by atoms with Crippen LogP contribution < -0.4 is 5.32 Å². The normalized spacial score (nSPS) is 10.4. The van der Waals surface area contributed by atoms with Crippen LogP contribution in [0.4, 0.5) is 5.69 Å². The molecule has 2 aromatic heterocycles. The molecule has 2 heterocycles. The zero-order valence-corrected chi connectivity index (χ0v) is 10.5. The van der Waals surface area contributed by atoms with Crippen molar-refractivity contribution in [2.24, 2.45) is 0 Å². The first-order valence-corrected chi connectivity index (χ1v) is 6.07. The monoisotopic (exact) mass is 265 g/mol. The van der Waals surface area contributed by atoms with Gasteiger partial charge in [0.15, 0.2) is 6.29 Å². The van der Waals surface area contributed by atoms with Gasteiger partial charge in [-0.05, 0) is 24.3 Å². The van der Waals surface area contributed by atoms with E-state index in [2.05, 4.69) is 10.3 Å². The number of rotatable bonds is 3. The zero-order valence-electron chi connectivity index (χ0n) is 10.5. The second-order valence-corrected chi connectivity index (χ2v) is 4.24. The highest BCUT2D eigenvalue weighted by Crippen LogP contribution is 2.16. The van der Waals surface area contributed by atoms with Crippen LogP contribution in [0.1, 0.15) is 20.7 Å². The lowest BCUT2D eigenvalue weighted by Crippen LogP contribution is -2.14. The number of fused-ring (bicyclic) bond motifs is 1. The van der Waals surface area contributed by atoms with E-state index in [1.807, 2.05) is 6.20 Å². The van der Waals surface area contributed by atoms with Crippen LogP contribution in [0.25, 0.3) is 5.65 Å². The van der Waals surface area contributed by atoms with Gasteiger partial charge in [0.25, 0.3) is 5.91 Å². The van der Waals surface area contributed by atoms with Crippen LogP contribution in [0.5, 0.6) is 0 Å². The number of anilines is 1. The van der Waals surface area contributed by atoms with Gasteiger partial charge in [0.2, 0.25) is 0 Å². The maximum Gasteiger partial charge on any atom is 0.259 e. The van der Waals surface area contributed by atoms with Crippen LogP contribution in [-0.4, -0.2) is 21.6 Å². The summed E-state index contributed by atoms with van der Waals surface area (Å²) >= 11 is 0. The molecule has 0 saturated heterocycles. The van der Waals surface area contributed by atoms with Crippen LogP contribution in [-0.2, 0) is 0 Å². The molecule has 3 aromatic rings. The van der Waals surface area contributed by atoms with Gasteiger partial charge in [0.1, 0.15) is 5.65 Å². The molecule has 0 radical (unpaired) electrons. The van der Waals surface area contributed by atoms with E-state index >= 15 is 0 Å². The van der Waals surface area contributed by atoms with Crippen LogP contribution >= 0.6 is 0 Å². The highest BCUT2D eigenvalue weighted by atomic mass is 16.1. The van der Waals surface area contributed by atoms with E-state index in [4.69, 9.17) is 0 Å². The highest BCUT2D eigenvalue weighted by Gasteiger charge is 2.12. The van der Waals surface area contributed by atoms with Crippen LogP contribution in [0.15, 0.2) is 55.0 Å². The van der Waals surface area contributed by atoms with Crippen molar-refractivity contribution in [1.82, 2.24) is 9.38 Å². The third-order valence-corrected chi connectivity index (χ3v) is 3.00. The van der Waals surface area contributed by atoms with Gasteiger partial charge in [-0.3, -0.25) is 9.59 Å². The van der Waals surface area contributed by atoms with Gasteiger partial charge in [-0.25, -0.2) is 4.98 Å². The topological polar surface area (TPSA) is 63.5 Å². The Balaban J connectivity index is 1.97. The second-order valence-electron chi connectivity index (χ2n) is 4.24. The van der Waals surface area contributed by atoms with Gasteiger partial charge in [-0.15, -0.1) is 0 Å². The van der Waals surface area contributed by atoms with Gasteiger partial charge in [-0.1, -0.05) is 12.1 Å². The molecule has 0 atom stereocenters. The van der Waals surface area contributed by atoms with Gasteiger partial charge in [0, 0.05) is 24.2 Å². The molecule has 5 heteroatoms. The Morgan fingerprint density at radius 2 is 2.00 bits per heavy atom. The second kappa shape index (κ2) is 4.97. The van der Waals surface area contributed by atoms with Gasteiger partial charge in [-0.2, -0.15) is 0 Å². The largest absolute Gasteiger partial charge is 0.321 e. The summed E-state index contributed by atoms with van der Waals surface area (Å²) in [5.74, 6) is -0.295. The van der Waals surface area contributed by atoms with Crippen molar-refractivity contribution in [2.45, 2.75) is 0 Å². The average molecular weight is 265 g/mol. The summed E-state index contributed by atoms with van der Waals surface area (Å²) in [6, 6.07) is 10.3. The van der Waals surface area contributed by atoms with Crippen molar-refractivity contribution in [3.8, 4) is 0 Å². The summed E-state index contributed by atoms with van der Waals surface area (Å²) in [5, 5.41) is 2.74. The van der Waals surface area contributed by atoms with Crippen molar-refractivity contribution in [2.75, 3.05) is 5.32 Å². The summed E-state index contributed by atoms with van der Waals surface area (Å²) in [5.41, 5.74) is 1.96. The molecule has 0 aliphatic heterocycles. The van der Waals surface area contributed by atoms with E-state index in [9.17, 15) is 9.59 Å². The lowest BCUT2D eigenvalue weighted by molar-refractivity contribution is 0.102. The van der Waals surface area contributed by atoms with Gasteiger partial charge in [0.05, 0.1) is 11.3 Å². The molecular formula is C15H11N3O2. The smallest absolute Gasteiger partial charge is 0.259 e. The predicted molar refractivity (Wildman–Crippen MR) is 75.0 cm³/mol. The third-order valence-electron chi connectivity index (χ3n) is 3.00. The lowest BCUT2D eigenvalue weighted by atomic mass is 10.2. The van der Waals surface area contributed by atoms with Gasteiger partial charge < -0.3 is 9.72 Å². The molecule has 0 bridgehead atoms. The van der Waals surface area contributed by atoms with Crippen molar-refractivity contribution in [1.29, 1.82) is 0 Å². The number of aromatic nitrogens is 2. The SMILES string of the molecule is O=Cc1ccccc1NC(=O)c1cccn2ccnc12. The molecule has 0 aliphatic carbocycles. The fourth-order valence-corrected chi connectivity index (χ4v) is 2.03. The van der Waals surface area contributed by atoms with Crippen molar-refractivity contribution in [3.05, 3.63) is 66.1 Å². The summed E-state index contributed by atoms with van der Waals surface area (Å²) < 4.78 is 1.76. The molecule has 5 nitrogen and oxygen atoms in total. The van der Waals surface area contributed by atoms with Crippen molar-refractivity contribution >= 4 is 23.5 Å². The fourth-order valence-electron chi connectivity index (χ4n) is 2.03. The Morgan fingerprint density at radius 3 is 2.85 bits per heavy atom. The minimum Gasteiger partial charge on any atom is -0.321 e. The van der Waals surface area contributed by atoms with Crippen molar-refractivity contribution in [3.63, 3.8) is 0 Å². The number of amides is 1. The summed E-state index contributed by atoms with van der Waals surface area (Å²) in [6.07, 6.45) is 5.93. The van der Waals surface area contributed by atoms with E-state index < -0.39 is 0 Å². The van der Waals surface area contributed by atoms with Crippen LogP contribution in [0.2, 0.25) is 0 Å². The molecule has 0 fully saturated rings. The highest BCUT2D eigenvalue weighted by molar-refractivity contribution is 6.09. The molecule has 0 saturated carbocycles. The Morgan fingerprint density at radius 1 is 1.15 bits per heavy atom. The van der Waals surface area contributed by atoms with E-state index in [0.29, 0.717) is 28.7 Å². The number of nitrogens with one attached hydrogen (secondary N) is 1. The Labute approximate surface area is 114 Å². The molecule has 1 aromatic carbocycles. The first-order chi connectivity index (χ1) is 9.79. The van der Waals surface area contributed by atoms with Crippen LogP contribution in [0.3, 0.4) is 0 Å². The van der Waals surface area contributed by atoms with E-state index in [1.54, 1.807) is 53.2 Å². The molecule has 20 heavy (non-hydrogen) atoms. The Bertz CT molecular complexity index is 792. The maximum atomic E-state index is 12.3. The summed E-state index contributed by atoms with van der Waals surface area (Å²) in [7, 11) is 0. The maximum absolute atomic E-state index is 12.3. The third kappa shape index (κ3) is 2.05. The minimum atomic E-state index is -0.295. The molecular weight excluding hydrogens is 254 g/mol. The zero-order chi connectivity index (χ0) is 13.9. The lowest BCUT2D eigenvalue weighted by Gasteiger charge is -2.08. The number of hydrogen-bond donors (Lipinski definition) is 1. The standard InChI is InChI=1S/C15H11N3O2/c19-10-11-4-1-2-6-13(11)17-15(20)12-5-3-8-18-9-7-16-14(12)18/h1-10H,(H,17,20). The van der Waals surface area contributed by atoms with Crippen LogP contribution in [0, 0.1) is 0 Å². The summed E-state index contributed by atoms with van der Waals surface area (Å²) in [6.45, 7) is 0. The number of aldehydes is 1. The molecule has 3 rings (SSSR count). The number of pyridine rings is 1. The minimum absolute atomic E-state index is 0.295. The predicted octanol–water partition coefficient (Wildman–Crippen LogP) is 2.40. The van der Waals surface area contributed by atoms with Crippen molar-refractivity contribution < 1.29 is 9.59 Å². The molecule has 1 N–H and O–H groups in total. The number of para-hydroxylation sites is 1. The van der Waals surface area contributed by atoms with Gasteiger partial charge >= 0.3 is 0 Å². The fraction of sp³-hybridized carbons (Fsp3) is 0. The Kier molecular flexibility index (Phi) is 3.01. The van der Waals surface area contributed by atoms with E-state index in [1.165, 1.54) is 0 Å². The number of benzene rings is 1. The molecule has 0 aliphatic rings. The molecule has 0 unspecified atom stereocenters. The summed E-state index contributed by atoms with van der Waals surface area (Å²) in [4.78, 5) is 27.4. The number of imidazole rings is 1. The Hall–Kier alpha value is -2.95. The van der Waals surface area contributed by atoms with E-state index in [0.717, 1.165) is 0 Å². The first kappa shape index (κ1) is 12.1. The quantitative estimate of drug-likeness (QED) is 0.739. The molecule has 98 valence electrons.